The molecular weight excluding hydrogens is 444 g/mol. The average molecular weight is 471 g/mol. The maximum atomic E-state index is 13.8. The van der Waals surface area contributed by atoms with Gasteiger partial charge in [0.05, 0.1) is 0 Å². The lowest BCUT2D eigenvalue weighted by Crippen LogP contribution is -2.61. The van der Waals surface area contributed by atoms with Gasteiger partial charge in [0.1, 0.15) is 5.75 Å². The van der Waals surface area contributed by atoms with Crippen molar-refractivity contribution in [1.82, 2.24) is 5.32 Å². The van der Waals surface area contributed by atoms with Crippen molar-refractivity contribution in [1.29, 1.82) is 0 Å². The Morgan fingerprint density at radius 1 is 0.914 bits per heavy atom. The topological polar surface area (TPSA) is 105 Å². The van der Waals surface area contributed by atoms with Crippen molar-refractivity contribution < 1.29 is 24.2 Å². The number of fused-ring (bicyclic) bond motifs is 5. The predicted octanol–water partition coefficient (Wildman–Crippen LogP) is 3.81. The third-order valence-corrected chi connectivity index (χ3v) is 6.95. The highest BCUT2D eigenvalue weighted by molar-refractivity contribution is 6.40. The van der Waals surface area contributed by atoms with E-state index < -0.39 is 28.9 Å². The summed E-state index contributed by atoms with van der Waals surface area (Å²) < 4.78 is 6.03. The Morgan fingerprint density at radius 3 is 2.29 bits per heavy atom. The molecule has 0 fully saturated rings. The molecule has 2 atom stereocenters. The van der Waals surface area contributed by atoms with E-state index in [1.807, 2.05) is 52.0 Å². The summed E-state index contributed by atoms with van der Waals surface area (Å²) in [4.78, 5) is 40.0. The van der Waals surface area contributed by atoms with Crippen LogP contribution in [0.1, 0.15) is 57.9 Å². The van der Waals surface area contributed by atoms with E-state index in [1.165, 1.54) is 0 Å². The van der Waals surface area contributed by atoms with Crippen LogP contribution < -0.4 is 15.4 Å². The lowest BCUT2D eigenvalue weighted by molar-refractivity contribution is -0.175. The molecule has 0 radical (unpaired) electrons. The van der Waals surface area contributed by atoms with Gasteiger partial charge in [0.25, 0.3) is 5.79 Å². The lowest BCUT2D eigenvalue weighted by atomic mass is 9.82. The van der Waals surface area contributed by atoms with E-state index in [0.29, 0.717) is 11.3 Å². The number of benzene rings is 3. The van der Waals surface area contributed by atoms with Crippen LogP contribution in [0.25, 0.3) is 0 Å². The van der Waals surface area contributed by atoms with E-state index in [2.05, 4.69) is 10.6 Å². The second kappa shape index (κ2) is 7.78. The van der Waals surface area contributed by atoms with Crippen LogP contribution in [0, 0.1) is 13.8 Å². The third-order valence-electron chi connectivity index (χ3n) is 6.95. The van der Waals surface area contributed by atoms with Gasteiger partial charge < -0.3 is 20.5 Å². The lowest BCUT2D eigenvalue weighted by Gasteiger charge is -2.34. The average Bonchev–Trinajstić information content (AvgIpc) is 3.18. The second-order valence-corrected chi connectivity index (χ2v) is 9.46. The third kappa shape index (κ3) is 3.12. The monoisotopic (exact) mass is 470 g/mol. The molecule has 2 amide bonds. The van der Waals surface area contributed by atoms with Gasteiger partial charge in [-0.25, -0.2) is 0 Å². The Bertz CT molecular complexity index is 1390. The van der Waals surface area contributed by atoms with Gasteiger partial charge >= 0.3 is 11.8 Å². The van der Waals surface area contributed by atoms with Crippen molar-refractivity contribution >= 4 is 23.3 Å². The number of anilines is 1. The first kappa shape index (κ1) is 22.8. The minimum atomic E-state index is -2.20. The van der Waals surface area contributed by atoms with Crippen LogP contribution in [0.15, 0.2) is 60.7 Å². The predicted molar refractivity (Wildman–Crippen MR) is 130 cm³/mol. The number of ketones is 1. The quantitative estimate of drug-likeness (QED) is 0.505. The Labute approximate surface area is 203 Å². The smallest absolute Gasteiger partial charge is 0.313 e. The van der Waals surface area contributed by atoms with Crippen LogP contribution in [0.5, 0.6) is 5.75 Å². The van der Waals surface area contributed by atoms with Crippen LogP contribution in [-0.4, -0.2) is 22.7 Å². The molecule has 7 heteroatoms. The first-order valence-electron chi connectivity index (χ1n) is 11.5. The number of Topliss-reactive ketones (excluding diaryl/α,β-unsaturated/α-hetero) is 1. The first-order valence-corrected chi connectivity index (χ1v) is 11.5. The molecule has 0 saturated heterocycles. The summed E-state index contributed by atoms with van der Waals surface area (Å²) in [7, 11) is 0. The van der Waals surface area contributed by atoms with E-state index >= 15 is 0 Å². The van der Waals surface area contributed by atoms with Gasteiger partial charge in [-0.2, -0.15) is 0 Å². The summed E-state index contributed by atoms with van der Waals surface area (Å²) in [6, 6.07) is 17.3. The molecule has 178 valence electrons. The standard InChI is InChI=1S/C28H26N2O5/c1-15(2)18-12-13-21-22(14-18)35-28(34)20-11-6-5-10-19(20)24(31)27(21,28)30-26(33)25(32)29-23-16(3)8-7-9-17(23)4/h5-15,34H,1-4H3,(H,29,32)(H,30,33). The number of rotatable bonds is 3. The number of carbonyl (C=O) groups is 3. The van der Waals surface area contributed by atoms with Gasteiger partial charge in [-0.3, -0.25) is 14.4 Å². The van der Waals surface area contributed by atoms with Crippen molar-refractivity contribution in [3.8, 4) is 5.75 Å². The number of nitrogens with one attached hydrogen (secondary N) is 2. The van der Waals surface area contributed by atoms with E-state index in [0.717, 1.165) is 16.7 Å². The van der Waals surface area contributed by atoms with Gasteiger partial charge in [0, 0.05) is 22.4 Å². The molecule has 5 rings (SSSR count). The molecule has 1 aliphatic heterocycles. The molecule has 0 saturated carbocycles. The van der Waals surface area contributed by atoms with E-state index in [4.69, 9.17) is 4.74 Å². The number of amides is 2. The number of aryl methyl sites for hydroxylation is 2. The summed E-state index contributed by atoms with van der Waals surface area (Å²) in [5.41, 5.74) is 1.82. The van der Waals surface area contributed by atoms with Crippen LogP contribution >= 0.6 is 0 Å². The maximum Gasteiger partial charge on any atom is 0.313 e. The second-order valence-electron chi connectivity index (χ2n) is 9.46. The molecular formula is C28H26N2O5. The fourth-order valence-corrected chi connectivity index (χ4v) is 5.04. The van der Waals surface area contributed by atoms with Gasteiger partial charge in [-0.15, -0.1) is 0 Å². The Balaban J connectivity index is 1.59. The summed E-state index contributed by atoms with van der Waals surface area (Å²) in [6.45, 7) is 7.68. The SMILES string of the molecule is Cc1cccc(C)c1NC(=O)C(=O)NC12C(=O)c3ccccc3C1(O)Oc1cc(C(C)C)ccc12. The normalized spacial score (nSPS) is 21.7. The molecule has 0 aromatic heterocycles. The molecule has 3 aromatic carbocycles. The van der Waals surface area contributed by atoms with Crippen molar-refractivity contribution in [2.24, 2.45) is 0 Å². The van der Waals surface area contributed by atoms with Crippen molar-refractivity contribution in [3.63, 3.8) is 0 Å². The van der Waals surface area contributed by atoms with Gasteiger partial charge in [-0.05, 0) is 42.5 Å². The molecule has 1 heterocycles. The molecule has 35 heavy (non-hydrogen) atoms. The molecule has 2 unspecified atom stereocenters. The fourth-order valence-electron chi connectivity index (χ4n) is 5.04. The zero-order valence-electron chi connectivity index (χ0n) is 19.9. The number of ether oxygens (including phenoxy) is 1. The highest BCUT2D eigenvalue weighted by Crippen LogP contribution is 2.58. The molecule has 0 bridgehead atoms. The number of aliphatic hydroxyl groups is 1. The molecule has 2 aliphatic rings. The molecule has 1 aliphatic carbocycles. The number of hydrogen-bond acceptors (Lipinski definition) is 5. The fraction of sp³-hybridized carbons (Fsp3) is 0.250. The molecule has 3 N–H and O–H groups in total. The van der Waals surface area contributed by atoms with Crippen LogP contribution in [0.3, 0.4) is 0 Å². The minimum absolute atomic E-state index is 0.177. The van der Waals surface area contributed by atoms with E-state index in [1.54, 1.807) is 36.4 Å². The molecule has 0 spiro atoms. The van der Waals surface area contributed by atoms with Crippen molar-refractivity contribution in [3.05, 3.63) is 94.0 Å². The van der Waals surface area contributed by atoms with E-state index in [-0.39, 0.29) is 22.8 Å². The largest absolute Gasteiger partial charge is 0.454 e. The summed E-state index contributed by atoms with van der Waals surface area (Å²) in [6.07, 6.45) is 0. The Kier molecular flexibility index (Phi) is 5.07. The maximum absolute atomic E-state index is 13.8. The van der Waals surface area contributed by atoms with Gasteiger partial charge in [-0.1, -0.05) is 68.4 Å². The highest BCUT2D eigenvalue weighted by atomic mass is 16.6. The Morgan fingerprint density at radius 2 is 1.60 bits per heavy atom. The molecule has 3 aromatic rings. The zero-order valence-corrected chi connectivity index (χ0v) is 19.9. The van der Waals surface area contributed by atoms with Crippen LogP contribution in [0.2, 0.25) is 0 Å². The summed E-state index contributed by atoms with van der Waals surface area (Å²) in [5.74, 6) is -4.29. The summed E-state index contributed by atoms with van der Waals surface area (Å²) >= 11 is 0. The van der Waals surface area contributed by atoms with Crippen LogP contribution in [-0.2, 0) is 20.9 Å². The molecule has 7 nitrogen and oxygen atoms in total. The first-order chi connectivity index (χ1) is 16.6. The number of hydrogen-bond donors (Lipinski definition) is 3. The number of carbonyl (C=O) groups excluding carboxylic acids is 3. The summed E-state index contributed by atoms with van der Waals surface area (Å²) in [5, 5.41) is 17.1. The minimum Gasteiger partial charge on any atom is -0.454 e. The van der Waals surface area contributed by atoms with E-state index in [9.17, 15) is 19.5 Å². The zero-order chi connectivity index (χ0) is 25.1. The van der Waals surface area contributed by atoms with Gasteiger partial charge in [0.2, 0.25) is 11.3 Å². The van der Waals surface area contributed by atoms with Crippen LogP contribution in [0.4, 0.5) is 5.69 Å². The van der Waals surface area contributed by atoms with Gasteiger partial charge in [0.15, 0.2) is 0 Å². The Hall–Kier alpha value is -3.97. The number of para-hydroxylation sites is 1. The van der Waals surface area contributed by atoms with Crippen molar-refractivity contribution in [2.75, 3.05) is 5.32 Å². The highest BCUT2D eigenvalue weighted by Gasteiger charge is 2.71. The van der Waals surface area contributed by atoms with Crippen molar-refractivity contribution in [2.45, 2.75) is 44.9 Å².